The highest BCUT2D eigenvalue weighted by molar-refractivity contribution is 6.09. The fraction of sp³-hybridized carbons (Fsp3) is 0.577. The Bertz CT molecular complexity index is 918. The van der Waals surface area contributed by atoms with Gasteiger partial charge in [-0.15, -0.1) is 0 Å². The lowest BCUT2D eigenvalue weighted by Gasteiger charge is -2.39. The van der Waals surface area contributed by atoms with Crippen LogP contribution < -0.4 is 0 Å². The van der Waals surface area contributed by atoms with Gasteiger partial charge >= 0.3 is 0 Å². The zero-order valence-electron chi connectivity index (χ0n) is 19.3. The summed E-state index contributed by atoms with van der Waals surface area (Å²) in [6, 6.07) is 4.04. The maximum absolute atomic E-state index is 13.3. The number of carbonyl (C=O) groups excluding carboxylic acids is 3. The van der Waals surface area contributed by atoms with E-state index in [0.29, 0.717) is 25.7 Å². The van der Waals surface area contributed by atoms with Crippen molar-refractivity contribution in [3.63, 3.8) is 0 Å². The summed E-state index contributed by atoms with van der Waals surface area (Å²) in [7, 11) is 0. The number of allylic oxidation sites excluding steroid dienone is 2. The summed E-state index contributed by atoms with van der Waals surface area (Å²) >= 11 is 0. The second kappa shape index (κ2) is 7.47. The molecular formula is C26H34O4. The number of Topliss-reactive ketones (excluding diaryl/α,β-unsaturated/α-hetero) is 3. The highest BCUT2D eigenvalue weighted by Crippen LogP contribution is 2.48. The summed E-state index contributed by atoms with van der Waals surface area (Å²) in [5, 5.41) is 11.0. The number of aliphatic hydroxyl groups is 1. The molecule has 1 aromatic rings. The lowest BCUT2D eigenvalue weighted by molar-refractivity contribution is -0.140. The highest BCUT2D eigenvalue weighted by atomic mass is 16.3. The minimum absolute atomic E-state index is 0.0334. The highest BCUT2D eigenvalue weighted by Gasteiger charge is 2.49. The number of aryl methyl sites for hydroxylation is 3. The van der Waals surface area contributed by atoms with E-state index in [1.165, 1.54) is 0 Å². The van der Waals surface area contributed by atoms with Crippen LogP contribution in [0.3, 0.4) is 0 Å². The van der Waals surface area contributed by atoms with Crippen LogP contribution in [-0.4, -0.2) is 22.5 Å². The molecular weight excluding hydrogens is 376 g/mol. The van der Waals surface area contributed by atoms with Crippen molar-refractivity contribution in [2.75, 3.05) is 0 Å². The summed E-state index contributed by atoms with van der Waals surface area (Å²) in [4.78, 5) is 39.8. The number of rotatable bonds is 3. The molecule has 1 fully saturated rings. The van der Waals surface area contributed by atoms with Gasteiger partial charge in [0.2, 0.25) is 0 Å². The molecule has 1 aromatic carbocycles. The monoisotopic (exact) mass is 410 g/mol. The molecule has 1 N–H and O–H groups in total. The molecule has 1 unspecified atom stereocenters. The molecule has 0 spiro atoms. The Morgan fingerprint density at radius 3 is 1.77 bits per heavy atom. The van der Waals surface area contributed by atoms with Crippen molar-refractivity contribution in [1.82, 2.24) is 0 Å². The Kier molecular flexibility index (Phi) is 5.59. The molecule has 1 saturated carbocycles. The Labute approximate surface area is 179 Å². The zero-order chi connectivity index (χ0) is 22.6. The van der Waals surface area contributed by atoms with Gasteiger partial charge in [-0.2, -0.15) is 0 Å². The first-order valence-corrected chi connectivity index (χ1v) is 10.8. The standard InChI is InChI=1S/C26H34O4/c1-14-8-15(2)21(16(3)9-14)24(22-17(27)10-25(4,5)11-18(22)28)23-19(29)12-26(6,7)13-20(23)30/h8-9,22,24,29H,10-13H2,1-7H3. The third-order valence-electron chi connectivity index (χ3n) is 6.59. The number of aliphatic hydroxyl groups excluding tert-OH is 1. The minimum Gasteiger partial charge on any atom is -0.512 e. The quantitative estimate of drug-likeness (QED) is 0.671. The van der Waals surface area contributed by atoms with E-state index in [0.717, 1.165) is 22.3 Å². The van der Waals surface area contributed by atoms with Crippen molar-refractivity contribution in [2.24, 2.45) is 16.7 Å². The van der Waals surface area contributed by atoms with Crippen LogP contribution in [0.2, 0.25) is 0 Å². The van der Waals surface area contributed by atoms with Crippen LogP contribution in [0.5, 0.6) is 0 Å². The van der Waals surface area contributed by atoms with E-state index in [-0.39, 0.29) is 39.5 Å². The maximum atomic E-state index is 13.3. The van der Waals surface area contributed by atoms with Gasteiger partial charge < -0.3 is 5.11 Å². The van der Waals surface area contributed by atoms with Gasteiger partial charge in [-0.3, -0.25) is 14.4 Å². The van der Waals surface area contributed by atoms with Crippen LogP contribution in [0.4, 0.5) is 0 Å². The lowest BCUT2D eigenvalue weighted by Crippen LogP contribution is -2.43. The molecule has 0 heterocycles. The second-order valence-corrected chi connectivity index (χ2v) is 11.0. The SMILES string of the molecule is Cc1cc(C)c(C(C2=C(O)CC(C)(C)CC2=O)C2C(=O)CC(C)(C)CC2=O)c(C)c1. The molecule has 30 heavy (non-hydrogen) atoms. The van der Waals surface area contributed by atoms with Crippen molar-refractivity contribution in [2.45, 2.75) is 80.1 Å². The maximum Gasteiger partial charge on any atom is 0.163 e. The number of hydrogen-bond donors (Lipinski definition) is 1. The number of carbonyl (C=O) groups is 3. The van der Waals surface area contributed by atoms with Gasteiger partial charge in [0.05, 0.1) is 5.92 Å². The predicted molar refractivity (Wildman–Crippen MR) is 118 cm³/mol. The van der Waals surface area contributed by atoms with Crippen LogP contribution >= 0.6 is 0 Å². The molecule has 0 saturated heterocycles. The van der Waals surface area contributed by atoms with E-state index in [1.54, 1.807) is 0 Å². The third kappa shape index (κ3) is 4.14. The lowest BCUT2D eigenvalue weighted by atomic mass is 9.61. The second-order valence-electron chi connectivity index (χ2n) is 11.0. The average molecular weight is 411 g/mol. The fourth-order valence-electron chi connectivity index (χ4n) is 5.59. The first kappa shape index (κ1) is 22.5. The number of hydrogen-bond acceptors (Lipinski definition) is 4. The Morgan fingerprint density at radius 2 is 1.30 bits per heavy atom. The van der Waals surface area contributed by atoms with Gasteiger partial charge in [0.25, 0.3) is 0 Å². The largest absolute Gasteiger partial charge is 0.512 e. The van der Waals surface area contributed by atoms with Crippen LogP contribution in [-0.2, 0) is 14.4 Å². The van der Waals surface area contributed by atoms with Gasteiger partial charge in [-0.1, -0.05) is 45.4 Å². The molecule has 0 bridgehead atoms. The molecule has 4 heteroatoms. The van der Waals surface area contributed by atoms with E-state index in [1.807, 2.05) is 60.6 Å². The van der Waals surface area contributed by atoms with Crippen LogP contribution in [0.1, 0.15) is 81.5 Å². The predicted octanol–water partition coefficient (Wildman–Crippen LogP) is 5.47. The van der Waals surface area contributed by atoms with Crippen LogP contribution in [0, 0.1) is 37.5 Å². The van der Waals surface area contributed by atoms with Crippen molar-refractivity contribution in [1.29, 1.82) is 0 Å². The third-order valence-corrected chi connectivity index (χ3v) is 6.59. The topological polar surface area (TPSA) is 71.4 Å². The first-order chi connectivity index (χ1) is 13.7. The minimum atomic E-state index is -0.916. The molecule has 2 aliphatic rings. The summed E-state index contributed by atoms with van der Waals surface area (Å²) < 4.78 is 0. The van der Waals surface area contributed by atoms with Gasteiger partial charge in [0.1, 0.15) is 17.3 Å². The Hall–Kier alpha value is -2.23. The number of ketones is 3. The molecule has 1 atom stereocenters. The van der Waals surface area contributed by atoms with Gasteiger partial charge in [0.15, 0.2) is 5.78 Å². The van der Waals surface area contributed by atoms with Gasteiger partial charge in [0, 0.05) is 37.2 Å². The van der Waals surface area contributed by atoms with E-state index < -0.39 is 11.8 Å². The summed E-state index contributed by atoms with van der Waals surface area (Å²) in [6.45, 7) is 13.7. The van der Waals surface area contributed by atoms with E-state index in [9.17, 15) is 19.5 Å². The summed E-state index contributed by atoms with van der Waals surface area (Å²) in [6.07, 6.45) is 1.28. The fourth-order valence-corrected chi connectivity index (χ4v) is 5.59. The molecule has 2 aliphatic carbocycles. The van der Waals surface area contributed by atoms with Crippen molar-refractivity contribution < 1.29 is 19.5 Å². The Morgan fingerprint density at radius 1 is 0.833 bits per heavy atom. The molecule has 162 valence electrons. The van der Waals surface area contributed by atoms with E-state index >= 15 is 0 Å². The first-order valence-electron chi connectivity index (χ1n) is 10.8. The molecule has 0 amide bonds. The van der Waals surface area contributed by atoms with E-state index in [4.69, 9.17) is 0 Å². The molecule has 0 aliphatic heterocycles. The molecule has 0 aromatic heterocycles. The number of benzene rings is 1. The van der Waals surface area contributed by atoms with Gasteiger partial charge in [-0.05, 0) is 48.3 Å². The van der Waals surface area contributed by atoms with Gasteiger partial charge in [-0.25, -0.2) is 0 Å². The summed E-state index contributed by atoms with van der Waals surface area (Å²) in [5.41, 5.74) is 3.37. The van der Waals surface area contributed by atoms with Crippen molar-refractivity contribution >= 4 is 17.3 Å². The molecule has 0 radical (unpaired) electrons. The summed E-state index contributed by atoms with van der Waals surface area (Å²) in [5.74, 6) is -2.01. The molecule has 3 rings (SSSR count). The molecule has 4 nitrogen and oxygen atoms in total. The Balaban J connectivity index is 2.25. The van der Waals surface area contributed by atoms with Crippen LogP contribution in [0.15, 0.2) is 23.5 Å². The average Bonchev–Trinajstić information content (AvgIpc) is 2.49. The zero-order valence-corrected chi connectivity index (χ0v) is 19.3. The van der Waals surface area contributed by atoms with Crippen LogP contribution in [0.25, 0.3) is 0 Å². The normalized spacial score (nSPS) is 23.1. The van der Waals surface area contributed by atoms with E-state index in [2.05, 4.69) is 0 Å². The van der Waals surface area contributed by atoms with Crippen molar-refractivity contribution in [3.05, 3.63) is 45.7 Å². The van der Waals surface area contributed by atoms with Crippen molar-refractivity contribution in [3.8, 4) is 0 Å². The smallest absolute Gasteiger partial charge is 0.163 e.